The number of imide groups is 1. The van der Waals surface area contributed by atoms with Crippen molar-refractivity contribution in [3.63, 3.8) is 0 Å². The number of hydrogen-bond donors (Lipinski definition) is 1. The third-order valence-corrected chi connectivity index (χ3v) is 5.34. The third kappa shape index (κ3) is 3.94. The van der Waals surface area contributed by atoms with Crippen molar-refractivity contribution < 1.29 is 23.9 Å². The molecule has 2 aromatic rings. The molecule has 1 aliphatic heterocycles. The van der Waals surface area contributed by atoms with Gasteiger partial charge in [0, 0.05) is 24.0 Å². The van der Waals surface area contributed by atoms with Gasteiger partial charge in [0.05, 0.1) is 11.1 Å². The number of nitrogens with one attached hydrogen (secondary N) is 1. The Balaban J connectivity index is 1.47. The first-order chi connectivity index (χ1) is 14.5. The molecule has 1 N–H and O–H groups in total. The van der Waals surface area contributed by atoms with Crippen LogP contribution in [0.3, 0.4) is 0 Å². The van der Waals surface area contributed by atoms with Crippen LogP contribution in [0.5, 0.6) is 0 Å². The fraction of sp³-hybridized carbons (Fsp3) is 0.318. The summed E-state index contributed by atoms with van der Waals surface area (Å²) in [6.07, 6.45) is 5.65. The highest BCUT2D eigenvalue weighted by Crippen LogP contribution is 2.24. The fourth-order valence-electron chi connectivity index (χ4n) is 3.83. The monoisotopic (exact) mass is 407 g/mol. The van der Waals surface area contributed by atoms with Gasteiger partial charge in [-0.1, -0.05) is 31.0 Å². The zero-order valence-electron chi connectivity index (χ0n) is 16.2. The van der Waals surface area contributed by atoms with Crippen LogP contribution in [0.1, 0.15) is 58.1 Å². The number of benzene rings is 1. The Bertz CT molecular complexity index is 950. The van der Waals surface area contributed by atoms with Gasteiger partial charge in [-0.3, -0.25) is 29.1 Å². The maximum Gasteiger partial charge on any atom is 0.327 e. The summed E-state index contributed by atoms with van der Waals surface area (Å²) in [4.78, 5) is 55.2. The Labute approximate surface area is 173 Å². The van der Waals surface area contributed by atoms with Crippen LogP contribution in [-0.4, -0.2) is 46.2 Å². The van der Waals surface area contributed by atoms with Crippen LogP contribution in [-0.2, 0) is 14.3 Å². The van der Waals surface area contributed by atoms with Gasteiger partial charge >= 0.3 is 5.97 Å². The number of pyridine rings is 1. The Morgan fingerprint density at radius 1 is 1.07 bits per heavy atom. The molecule has 1 atom stereocenters. The van der Waals surface area contributed by atoms with E-state index in [1.165, 1.54) is 18.3 Å². The number of hydrogen-bond acceptors (Lipinski definition) is 6. The van der Waals surface area contributed by atoms with E-state index in [0.717, 1.165) is 30.6 Å². The average Bonchev–Trinajstić information content (AvgIpc) is 3.35. The lowest BCUT2D eigenvalue weighted by atomic mass is 10.1. The van der Waals surface area contributed by atoms with E-state index in [1.807, 2.05) is 0 Å². The van der Waals surface area contributed by atoms with Gasteiger partial charge in [-0.15, -0.1) is 0 Å². The van der Waals surface area contributed by atoms with Crippen LogP contribution in [0.15, 0.2) is 48.8 Å². The quantitative estimate of drug-likeness (QED) is 0.580. The predicted molar refractivity (Wildman–Crippen MR) is 105 cm³/mol. The Kier molecular flexibility index (Phi) is 5.56. The summed E-state index contributed by atoms with van der Waals surface area (Å²) >= 11 is 0. The van der Waals surface area contributed by atoms with E-state index in [9.17, 15) is 19.2 Å². The lowest BCUT2D eigenvalue weighted by molar-refractivity contribution is -0.156. The summed E-state index contributed by atoms with van der Waals surface area (Å²) < 4.78 is 5.43. The van der Waals surface area contributed by atoms with Crippen molar-refractivity contribution in [1.29, 1.82) is 0 Å². The number of esters is 1. The maximum absolute atomic E-state index is 12.8. The average molecular weight is 407 g/mol. The minimum Gasteiger partial charge on any atom is -0.446 e. The highest BCUT2D eigenvalue weighted by Gasteiger charge is 2.37. The van der Waals surface area contributed by atoms with Crippen LogP contribution < -0.4 is 5.32 Å². The van der Waals surface area contributed by atoms with Gasteiger partial charge in [0.2, 0.25) is 6.10 Å². The van der Waals surface area contributed by atoms with E-state index in [4.69, 9.17) is 4.74 Å². The molecule has 1 aromatic heterocycles. The molecule has 30 heavy (non-hydrogen) atoms. The molecule has 8 nitrogen and oxygen atoms in total. The standard InChI is InChI=1S/C22H21N3O5/c26-18(13-25-21(28)16-9-3-4-10-17(16)22(25)29)30-19(14-6-5-11-23-12-14)20(27)24-15-7-1-2-8-15/h3-6,9-12,15,19H,1-2,7-8,13H2,(H,24,27)/t19-/m0/s1. The molecular formula is C22H21N3O5. The zero-order chi connectivity index (χ0) is 21.1. The van der Waals surface area contributed by atoms with Crippen molar-refractivity contribution in [2.75, 3.05) is 6.54 Å². The van der Waals surface area contributed by atoms with Gasteiger partial charge in [-0.25, -0.2) is 0 Å². The Morgan fingerprint density at radius 2 is 1.73 bits per heavy atom. The predicted octanol–water partition coefficient (Wildman–Crippen LogP) is 2.02. The molecule has 0 bridgehead atoms. The number of aromatic nitrogens is 1. The van der Waals surface area contributed by atoms with Crippen LogP contribution in [0.25, 0.3) is 0 Å². The molecule has 2 aliphatic rings. The maximum atomic E-state index is 12.8. The van der Waals surface area contributed by atoms with E-state index >= 15 is 0 Å². The molecule has 0 radical (unpaired) electrons. The van der Waals surface area contributed by atoms with Gasteiger partial charge in [0.1, 0.15) is 6.54 Å². The number of rotatable bonds is 6. The van der Waals surface area contributed by atoms with E-state index in [0.29, 0.717) is 5.56 Å². The number of amides is 3. The number of nitrogens with zero attached hydrogens (tertiary/aromatic N) is 2. The van der Waals surface area contributed by atoms with E-state index in [1.54, 1.807) is 30.5 Å². The second-order valence-electron chi connectivity index (χ2n) is 7.39. The third-order valence-electron chi connectivity index (χ3n) is 5.34. The lowest BCUT2D eigenvalue weighted by Crippen LogP contribution is -2.40. The number of fused-ring (bicyclic) bond motifs is 1. The summed E-state index contributed by atoms with van der Waals surface area (Å²) in [5, 5.41) is 2.92. The fourth-order valence-corrected chi connectivity index (χ4v) is 3.83. The molecule has 1 fully saturated rings. The van der Waals surface area contributed by atoms with E-state index < -0.39 is 36.3 Å². The summed E-state index contributed by atoms with van der Waals surface area (Å²) in [7, 11) is 0. The van der Waals surface area contributed by atoms with Gasteiger partial charge in [0.25, 0.3) is 17.7 Å². The van der Waals surface area contributed by atoms with Crippen molar-refractivity contribution in [1.82, 2.24) is 15.2 Å². The van der Waals surface area contributed by atoms with Crippen molar-refractivity contribution in [2.45, 2.75) is 37.8 Å². The first-order valence-electron chi connectivity index (χ1n) is 9.89. The molecular weight excluding hydrogens is 386 g/mol. The Morgan fingerprint density at radius 3 is 2.33 bits per heavy atom. The number of carbonyl (C=O) groups is 4. The summed E-state index contributed by atoms with van der Waals surface area (Å²) in [5.74, 6) is -2.40. The van der Waals surface area contributed by atoms with Crippen molar-refractivity contribution >= 4 is 23.7 Å². The second kappa shape index (κ2) is 8.44. The number of ether oxygens (including phenoxy) is 1. The van der Waals surface area contributed by atoms with Crippen molar-refractivity contribution in [3.8, 4) is 0 Å². The molecule has 8 heteroatoms. The first kappa shape index (κ1) is 19.8. The summed E-state index contributed by atoms with van der Waals surface area (Å²) in [6, 6.07) is 9.70. The number of carbonyl (C=O) groups excluding carboxylic acids is 4. The molecule has 154 valence electrons. The minimum atomic E-state index is -1.21. The minimum absolute atomic E-state index is 0.0478. The molecule has 1 aliphatic carbocycles. The molecule has 0 unspecified atom stereocenters. The molecule has 1 saturated carbocycles. The molecule has 1 aromatic carbocycles. The second-order valence-corrected chi connectivity index (χ2v) is 7.39. The van der Waals surface area contributed by atoms with Crippen LogP contribution in [0.2, 0.25) is 0 Å². The first-order valence-corrected chi connectivity index (χ1v) is 9.89. The largest absolute Gasteiger partial charge is 0.446 e. The summed E-state index contributed by atoms with van der Waals surface area (Å²) in [5.41, 5.74) is 0.917. The zero-order valence-corrected chi connectivity index (χ0v) is 16.2. The van der Waals surface area contributed by atoms with E-state index in [-0.39, 0.29) is 17.2 Å². The van der Waals surface area contributed by atoms with Crippen LogP contribution in [0.4, 0.5) is 0 Å². The lowest BCUT2D eigenvalue weighted by Gasteiger charge is -2.21. The van der Waals surface area contributed by atoms with Crippen LogP contribution >= 0.6 is 0 Å². The molecule has 0 spiro atoms. The SMILES string of the molecule is O=C(CN1C(=O)c2ccccc2C1=O)O[C@H](C(=O)NC1CCCC1)c1cccnc1. The highest BCUT2D eigenvalue weighted by molar-refractivity contribution is 6.22. The van der Waals surface area contributed by atoms with Gasteiger partial charge in [-0.05, 0) is 31.0 Å². The molecule has 3 amide bonds. The van der Waals surface area contributed by atoms with Crippen molar-refractivity contribution in [3.05, 3.63) is 65.5 Å². The van der Waals surface area contributed by atoms with E-state index in [2.05, 4.69) is 10.3 Å². The molecule has 2 heterocycles. The van der Waals surface area contributed by atoms with Gasteiger partial charge < -0.3 is 10.1 Å². The Hall–Kier alpha value is -3.55. The van der Waals surface area contributed by atoms with Gasteiger partial charge in [0.15, 0.2) is 0 Å². The summed E-state index contributed by atoms with van der Waals surface area (Å²) in [6.45, 7) is -0.570. The van der Waals surface area contributed by atoms with Gasteiger partial charge in [-0.2, -0.15) is 0 Å². The topological polar surface area (TPSA) is 106 Å². The molecule has 0 saturated heterocycles. The molecule has 4 rings (SSSR count). The normalized spacial score (nSPS) is 17.0. The van der Waals surface area contributed by atoms with Crippen LogP contribution in [0, 0.1) is 0 Å². The smallest absolute Gasteiger partial charge is 0.327 e. The van der Waals surface area contributed by atoms with Crippen molar-refractivity contribution in [2.24, 2.45) is 0 Å². The highest BCUT2D eigenvalue weighted by atomic mass is 16.5.